The number of carboxylic acid groups (broad SMARTS) is 1. The maximum atomic E-state index is 14.0. The number of aliphatic hydroxyl groups is 1. The standard InChI is InChI=1S/C26H20FN3O3/c1-15(26(32)33)29-25-21-12-20(27)10-11-23(21)30-24(22(25)13-28)19-8-6-18(7-9-19)17-4-2-16(14-31)3-5-17/h2-12,15,31H,14H2,1H3,(H,29,30)(H,32,33). The van der Waals surface area contributed by atoms with Crippen LogP contribution in [0.3, 0.4) is 0 Å². The minimum Gasteiger partial charge on any atom is -0.480 e. The maximum absolute atomic E-state index is 14.0. The summed E-state index contributed by atoms with van der Waals surface area (Å²) in [6.45, 7) is 1.43. The maximum Gasteiger partial charge on any atom is 0.325 e. The van der Waals surface area contributed by atoms with Crippen molar-refractivity contribution in [3.8, 4) is 28.5 Å². The normalized spacial score (nSPS) is 11.7. The number of nitrogens with zero attached hydrogens (tertiary/aromatic N) is 2. The fraction of sp³-hybridized carbons (Fsp3) is 0.115. The second-order valence-corrected chi connectivity index (χ2v) is 7.62. The van der Waals surface area contributed by atoms with E-state index in [0.29, 0.717) is 22.2 Å². The first kappa shape index (κ1) is 21.9. The number of aliphatic hydroxyl groups excluding tert-OH is 1. The summed E-state index contributed by atoms with van der Waals surface area (Å²) in [5.41, 5.74) is 4.59. The van der Waals surface area contributed by atoms with E-state index in [4.69, 9.17) is 0 Å². The lowest BCUT2D eigenvalue weighted by atomic mass is 9.98. The molecule has 33 heavy (non-hydrogen) atoms. The number of hydrogen-bond acceptors (Lipinski definition) is 5. The molecule has 0 fully saturated rings. The largest absolute Gasteiger partial charge is 0.480 e. The molecule has 164 valence electrons. The van der Waals surface area contributed by atoms with Gasteiger partial charge >= 0.3 is 5.97 Å². The molecule has 0 spiro atoms. The highest BCUT2D eigenvalue weighted by Gasteiger charge is 2.20. The second kappa shape index (κ2) is 9.07. The minimum absolute atomic E-state index is 0.0233. The molecule has 0 aliphatic carbocycles. The topological polar surface area (TPSA) is 106 Å². The van der Waals surface area contributed by atoms with Crippen molar-refractivity contribution in [2.75, 3.05) is 5.32 Å². The quantitative estimate of drug-likeness (QED) is 0.391. The molecule has 1 aromatic heterocycles. The first-order valence-corrected chi connectivity index (χ1v) is 10.2. The molecule has 0 amide bonds. The van der Waals surface area contributed by atoms with E-state index in [0.717, 1.165) is 16.7 Å². The zero-order valence-corrected chi connectivity index (χ0v) is 17.7. The predicted molar refractivity (Wildman–Crippen MR) is 124 cm³/mol. The number of anilines is 1. The average molecular weight is 441 g/mol. The number of aromatic nitrogens is 1. The lowest BCUT2D eigenvalue weighted by molar-refractivity contribution is -0.137. The fourth-order valence-electron chi connectivity index (χ4n) is 3.60. The molecule has 1 atom stereocenters. The van der Waals surface area contributed by atoms with Crippen molar-refractivity contribution in [3.63, 3.8) is 0 Å². The third kappa shape index (κ3) is 4.38. The first-order valence-electron chi connectivity index (χ1n) is 10.2. The van der Waals surface area contributed by atoms with Crippen LogP contribution in [0, 0.1) is 17.1 Å². The molecule has 6 nitrogen and oxygen atoms in total. The van der Waals surface area contributed by atoms with Crippen LogP contribution in [0.2, 0.25) is 0 Å². The third-order valence-corrected chi connectivity index (χ3v) is 5.42. The van der Waals surface area contributed by atoms with E-state index in [1.165, 1.54) is 25.1 Å². The Kier molecular flexibility index (Phi) is 6.03. The van der Waals surface area contributed by atoms with Crippen LogP contribution in [-0.2, 0) is 11.4 Å². The lowest BCUT2D eigenvalue weighted by Crippen LogP contribution is -2.26. The molecule has 4 rings (SSSR count). The van der Waals surface area contributed by atoms with Crippen LogP contribution in [-0.4, -0.2) is 27.2 Å². The summed E-state index contributed by atoms with van der Waals surface area (Å²) >= 11 is 0. The Balaban J connectivity index is 1.83. The predicted octanol–water partition coefficient (Wildman–Crippen LogP) is 4.96. The van der Waals surface area contributed by atoms with E-state index >= 15 is 0 Å². The number of carbonyl (C=O) groups is 1. The van der Waals surface area contributed by atoms with Gasteiger partial charge in [-0.2, -0.15) is 5.26 Å². The fourth-order valence-corrected chi connectivity index (χ4v) is 3.60. The van der Waals surface area contributed by atoms with Crippen LogP contribution >= 0.6 is 0 Å². The highest BCUT2D eigenvalue weighted by Crippen LogP contribution is 2.35. The van der Waals surface area contributed by atoms with Crippen LogP contribution < -0.4 is 5.32 Å². The molecule has 0 saturated heterocycles. The number of hydrogen-bond donors (Lipinski definition) is 3. The lowest BCUT2D eigenvalue weighted by Gasteiger charge is -2.17. The number of carboxylic acids is 1. The van der Waals surface area contributed by atoms with Gasteiger partial charge in [0.2, 0.25) is 0 Å². The van der Waals surface area contributed by atoms with Gasteiger partial charge in [0.25, 0.3) is 0 Å². The summed E-state index contributed by atoms with van der Waals surface area (Å²) < 4.78 is 14.0. The van der Waals surface area contributed by atoms with Gasteiger partial charge in [-0.1, -0.05) is 48.5 Å². The number of rotatable bonds is 6. The third-order valence-electron chi connectivity index (χ3n) is 5.42. The summed E-state index contributed by atoms with van der Waals surface area (Å²) in [6, 6.07) is 20.1. The van der Waals surface area contributed by atoms with E-state index in [2.05, 4.69) is 16.4 Å². The summed E-state index contributed by atoms with van der Waals surface area (Å²) in [7, 11) is 0. The van der Waals surface area contributed by atoms with E-state index in [9.17, 15) is 24.7 Å². The van der Waals surface area contributed by atoms with Crippen molar-refractivity contribution in [2.45, 2.75) is 19.6 Å². The zero-order valence-electron chi connectivity index (χ0n) is 17.7. The van der Waals surface area contributed by atoms with Gasteiger partial charge in [-0.25, -0.2) is 9.37 Å². The molecular weight excluding hydrogens is 421 g/mol. The van der Waals surface area contributed by atoms with Gasteiger partial charge in [0.05, 0.1) is 23.5 Å². The summed E-state index contributed by atoms with van der Waals surface area (Å²) in [4.78, 5) is 16.0. The van der Waals surface area contributed by atoms with Crippen molar-refractivity contribution in [3.05, 3.63) is 83.7 Å². The number of aliphatic carboxylic acids is 1. The molecule has 0 saturated carbocycles. The van der Waals surface area contributed by atoms with E-state index in [1.807, 2.05) is 48.5 Å². The highest BCUT2D eigenvalue weighted by molar-refractivity contribution is 5.99. The van der Waals surface area contributed by atoms with E-state index < -0.39 is 17.8 Å². The molecule has 3 aromatic carbocycles. The van der Waals surface area contributed by atoms with Crippen molar-refractivity contribution in [1.29, 1.82) is 5.26 Å². The summed E-state index contributed by atoms with van der Waals surface area (Å²) in [5, 5.41) is 31.7. The summed E-state index contributed by atoms with van der Waals surface area (Å²) in [6.07, 6.45) is 0. The Bertz CT molecular complexity index is 1380. The van der Waals surface area contributed by atoms with Crippen molar-refractivity contribution in [2.24, 2.45) is 0 Å². The molecule has 0 radical (unpaired) electrons. The Morgan fingerprint density at radius 3 is 2.24 bits per heavy atom. The van der Waals surface area contributed by atoms with Gasteiger partial charge in [-0.15, -0.1) is 0 Å². The summed E-state index contributed by atoms with van der Waals surface area (Å²) in [5.74, 6) is -1.61. The van der Waals surface area contributed by atoms with E-state index in [-0.39, 0.29) is 17.9 Å². The van der Waals surface area contributed by atoms with Gasteiger partial charge in [-0.05, 0) is 41.8 Å². The number of nitriles is 1. The van der Waals surface area contributed by atoms with Gasteiger partial charge in [0.15, 0.2) is 0 Å². The Morgan fingerprint density at radius 2 is 1.67 bits per heavy atom. The number of halogens is 1. The molecule has 4 aromatic rings. The van der Waals surface area contributed by atoms with Crippen molar-refractivity contribution < 1.29 is 19.4 Å². The average Bonchev–Trinajstić information content (AvgIpc) is 2.84. The molecule has 3 N–H and O–H groups in total. The minimum atomic E-state index is -1.10. The smallest absolute Gasteiger partial charge is 0.325 e. The van der Waals surface area contributed by atoms with Crippen LogP contribution in [0.5, 0.6) is 0 Å². The number of benzene rings is 3. The molecule has 0 aliphatic heterocycles. The van der Waals surface area contributed by atoms with Crippen molar-refractivity contribution in [1.82, 2.24) is 4.98 Å². The number of pyridine rings is 1. The first-order chi connectivity index (χ1) is 15.9. The Hall–Kier alpha value is -4.28. The van der Waals surface area contributed by atoms with Gasteiger partial charge < -0.3 is 15.5 Å². The molecule has 1 unspecified atom stereocenters. The van der Waals surface area contributed by atoms with Gasteiger partial charge in [0, 0.05) is 10.9 Å². The van der Waals surface area contributed by atoms with Crippen LogP contribution in [0.15, 0.2) is 66.7 Å². The van der Waals surface area contributed by atoms with Crippen LogP contribution in [0.4, 0.5) is 10.1 Å². The van der Waals surface area contributed by atoms with Crippen LogP contribution in [0.25, 0.3) is 33.3 Å². The highest BCUT2D eigenvalue weighted by atomic mass is 19.1. The monoisotopic (exact) mass is 441 g/mol. The molecular formula is C26H20FN3O3. The molecule has 1 heterocycles. The molecule has 0 bridgehead atoms. The van der Waals surface area contributed by atoms with Crippen molar-refractivity contribution >= 4 is 22.6 Å². The number of fused-ring (bicyclic) bond motifs is 1. The Morgan fingerprint density at radius 1 is 1.06 bits per heavy atom. The van der Waals surface area contributed by atoms with Crippen LogP contribution in [0.1, 0.15) is 18.1 Å². The van der Waals surface area contributed by atoms with Gasteiger partial charge in [-0.3, -0.25) is 4.79 Å². The number of nitrogens with one attached hydrogen (secondary N) is 1. The SMILES string of the molecule is CC(Nc1c(C#N)c(-c2ccc(-c3ccc(CO)cc3)cc2)nc2ccc(F)cc12)C(=O)O. The molecule has 7 heteroatoms. The van der Waals surface area contributed by atoms with Gasteiger partial charge in [0.1, 0.15) is 23.5 Å². The zero-order chi connectivity index (χ0) is 23.5. The second-order valence-electron chi connectivity index (χ2n) is 7.62. The molecule has 0 aliphatic rings. The Labute approximate surface area is 189 Å². The van der Waals surface area contributed by atoms with E-state index in [1.54, 1.807) is 0 Å².